The standard InChI is InChI=1S/C20H28N2O3/c1-13-7-9-22(10-8-13)12-16(23)11-21-20(24)19-15(3)17-6-4-5-14(2)18(17)25-19/h4-6,13,16,23H,7-12H2,1-3H3,(H,21,24). The van der Waals surface area contributed by atoms with Gasteiger partial charge in [-0.1, -0.05) is 25.1 Å². The monoisotopic (exact) mass is 344 g/mol. The molecule has 1 amide bonds. The van der Waals surface area contributed by atoms with E-state index in [1.54, 1.807) is 0 Å². The molecule has 0 bridgehead atoms. The van der Waals surface area contributed by atoms with Crippen molar-refractivity contribution in [1.82, 2.24) is 10.2 Å². The lowest BCUT2D eigenvalue weighted by Gasteiger charge is -2.31. The van der Waals surface area contributed by atoms with Gasteiger partial charge in [-0.3, -0.25) is 4.79 Å². The van der Waals surface area contributed by atoms with Crippen molar-refractivity contribution in [1.29, 1.82) is 0 Å². The molecule has 5 nitrogen and oxygen atoms in total. The first-order valence-electron chi connectivity index (χ1n) is 9.13. The molecule has 1 aliphatic rings. The lowest BCUT2D eigenvalue weighted by atomic mass is 9.99. The molecule has 1 aromatic carbocycles. The van der Waals surface area contributed by atoms with E-state index in [1.165, 1.54) is 12.8 Å². The number of nitrogens with one attached hydrogen (secondary N) is 1. The molecule has 0 saturated carbocycles. The van der Waals surface area contributed by atoms with E-state index in [0.29, 0.717) is 12.3 Å². The Bertz CT molecular complexity index is 745. The highest BCUT2D eigenvalue weighted by atomic mass is 16.3. The first-order chi connectivity index (χ1) is 12.0. The minimum absolute atomic E-state index is 0.236. The number of nitrogens with zero attached hydrogens (tertiary/aromatic N) is 1. The molecule has 1 saturated heterocycles. The SMILES string of the molecule is Cc1c(C(=O)NCC(O)CN2CCC(C)CC2)oc2c(C)cccc12. The fourth-order valence-corrected chi connectivity index (χ4v) is 3.50. The van der Waals surface area contributed by atoms with Crippen molar-refractivity contribution in [2.24, 2.45) is 5.92 Å². The van der Waals surface area contributed by atoms with Gasteiger partial charge in [-0.2, -0.15) is 0 Å². The second-order valence-corrected chi connectivity index (χ2v) is 7.35. The van der Waals surface area contributed by atoms with E-state index in [-0.39, 0.29) is 12.5 Å². The highest BCUT2D eigenvalue weighted by Gasteiger charge is 2.21. The zero-order chi connectivity index (χ0) is 18.0. The van der Waals surface area contributed by atoms with Gasteiger partial charge in [0, 0.05) is 24.0 Å². The van der Waals surface area contributed by atoms with Gasteiger partial charge in [-0.15, -0.1) is 0 Å². The second-order valence-electron chi connectivity index (χ2n) is 7.35. The van der Waals surface area contributed by atoms with Gasteiger partial charge in [-0.05, 0) is 51.3 Å². The third-order valence-electron chi connectivity index (χ3n) is 5.21. The van der Waals surface area contributed by atoms with E-state index in [4.69, 9.17) is 4.42 Å². The fourth-order valence-electron chi connectivity index (χ4n) is 3.50. The average molecular weight is 344 g/mol. The topological polar surface area (TPSA) is 65.7 Å². The Morgan fingerprint density at radius 3 is 2.76 bits per heavy atom. The number of carbonyl (C=O) groups excluding carboxylic acids is 1. The van der Waals surface area contributed by atoms with Crippen LogP contribution in [0.3, 0.4) is 0 Å². The number of amides is 1. The number of aliphatic hydroxyl groups is 1. The molecule has 5 heteroatoms. The third kappa shape index (κ3) is 4.05. The van der Waals surface area contributed by atoms with Crippen LogP contribution in [0.25, 0.3) is 11.0 Å². The van der Waals surface area contributed by atoms with Gasteiger partial charge in [0.25, 0.3) is 5.91 Å². The minimum Gasteiger partial charge on any atom is -0.450 e. The van der Waals surface area contributed by atoms with Crippen LogP contribution in [-0.4, -0.2) is 48.2 Å². The smallest absolute Gasteiger partial charge is 0.287 e. The first kappa shape index (κ1) is 18.0. The van der Waals surface area contributed by atoms with Crippen molar-refractivity contribution in [3.05, 3.63) is 35.1 Å². The molecule has 1 atom stereocenters. The first-order valence-corrected chi connectivity index (χ1v) is 9.13. The predicted octanol–water partition coefficient (Wildman–Crippen LogP) is 2.87. The van der Waals surface area contributed by atoms with E-state index < -0.39 is 6.10 Å². The zero-order valence-corrected chi connectivity index (χ0v) is 15.3. The number of furan rings is 1. The lowest BCUT2D eigenvalue weighted by Crippen LogP contribution is -2.43. The number of rotatable bonds is 5. The molecule has 1 aliphatic heterocycles. The summed E-state index contributed by atoms with van der Waals surface area (Å²) in [4.78, 5) is 14.7. The Kier molecular flexibility index (Phi) is 5.45. The van der Waals surface area contributed by atoms with Crippen molar-refractivity contribution in [2.45, 2.75) is 39.7 Å². The van der Waals surface area contributed by atoms with Crippen LogP contribution in [0.1, 0.15) is 41.4 Å². The van der Waals surface area contributed by atoms with Crippen LogP contribution in [0.5, 0.6) is 0 Å². The molecule has 25 heavy (non-hydrogen) atoms. The molecule has 2 heterocycles. The third-order valence-corrected chi connectivity index (χ3v) is 5.21. The Balaban J connectivity index is 1.57. The maximum Gasteiger partial charge on any atom is 0.287 e. The van der Waals surface area contributed by atoms with Crippen LogP contribution >= 0.6 is 0 Å². The van der Waals surface area contributed by atoms with Crippen molar-refractivity contribution in [2.75, 3.05) is 26.2 Å². The summed E-state index contributed by atoms with van der Waals surface area (Å²) in [6.45, 7) is 9.01. The highest BCUT2D eigenvalue weighted by molar-refractivity contribution is 5.99. The van der Waals surface area contributed by atoms with E-state index >= 15 is 0 Å². The van der Waals surface area contributed by atoms with E-state index in [2.05, 4.69) is 17.1 Å². The molecule has 3 rings (SSSR count). The van der Waals surface area contributed by atoms with E-state index in [9.17, 15) is 9.90 Å². The quantitative estimate of drug-likeness (QED) is 0.875. The summed E-state index contributed by atoms with van der Waals surface area (Å²) in [6.07, 6.45) is 1.79. The summed E-state index contributed by atoms with van der Waals surface area (Å²) in [5, 5.41) is 14.0. The number of hydrogen-bond donors (Lipinski definition) is 2. The van der Waals surface area contributed by atoms with Crippen molar-refractivity contribution in [3.8, 4) is 0 Å². The number of β-amino-alcohol motifs (C(OH)–C–C–N with tert-alkyl or cyclic N) is 1. The van der Waals surface area contributed by atoms with Crippen molar-refractivity contribution < 1.29 is 14.3 Å². The molecular formula is C20H28N2O3. The van der Waals surface area contributed by atoms with Gasteiger partial charge in [0.05, 0.1) is 6.10 Å². The van der Waals surface area contributed by atoms with Gasteiger partial charge in [0.2, 0.25) is 0 Å². The summed E-state index contributed by atoms with van der Waals surface area (Å²) >= 11 is 0. The van der Waals surface area contributed by atoms with Crippen molar-refractivity contribution in [3.63, 3.8) is 0 Å². The van der Waals surface area contributed by atoms with Crippen LogP contribution in [0, 0.1) is 19.8 Å². The highest BCUT2D eigenvalue weighted by Crippen LogP contribution is 2.27. The average Bonchev–Trinajstić information content (AvgIpc) is 2.93. The van der Waals surface area contributed by atoms with Gasteiger partial charge in [-0.25, -0.2) is 0 Å². The Morgan fingerprint density at radius 2 is 2.08 bits per heavy atom. The molecule has 0 radical (unpaired) electrons. The number of para-hydroxylation sites is 1. The van der Waals surface area contributed by atoms with Gasteiger partial charge in [0.15, 0.2) is 5.76 Å². The Morgan fingerprint density at radius 1 is 1.36 bits per heavy atom. The van der Waals surface area contributed by atoms with Crippen molar-refractivity contribution >= 4 is 16.9 Å². The summed E-state index contributed by atoms with van der Waals surface area (Å²) in [7, 11) is 0. The predicted molar refractivity (Wildman–Crippen MR) is 98.9 cm³/mol. The molecule has 0 aliphatic carbocycles. The fraction of sp³-hybridized carbons (Fsp3) is 0.550. The lowest BCUT2D eigenvalue weighted by molar-refractivity contribution is 0.0780. The number of carbonyl (C=O) groups is 1. The summed E-state index contributed by atoms with van der Waals surface area (Å²) in [6, 6.07) is 5.89. The molecule has 2 N–H and O–H groups in total. The molecule has 1 aromatic heterocycles. The maximum atomic E-state index is 12.5. The van der Waals surface area contributed by atoms with Gasteiger partial charge < -0.3 is 19.7 Å². The summed E-state index contributed by atoms with van der Waals surface area (Å²) in [5.74, 6) is 0.843. The molecule has 136 valence electrons. The number of benzene rings is 1. The Hall–Kier alpha value is -1.85. The molecule has 2 aromatic rings. The van der Waals surface area contributed by atoms with Crippen LogP contribution in [0.15, 0.2) is 22.6 Å². The number of aryl methyl sites for hydroxylation is 2. The van der Waals surface area contributed by atoms with Crippen LogP contribution < -0.4 is 5.32 Å². The maximum absolute atomic E-state index is 12.5. The number of hydrogen-bond acceptors (Lipinski definition) is 4. The van der Waals surface area contributed by atoms with E-state index in [1.807, 2.05) is 32.0 Å². The Labute approximate surface area is 149 Å². The van der Waals surface area contributed by atoms with E-state index in [0.717, 1.165) is 41.1 Å². The molecule has 0 spiro atoms. The largest absolute Gasteiger partial charge is 0.450 e. The van der Waals surface area contributed by atoms with Crippen LogP contribution in [0.2, 0.25) is 0 Å². The number of aliphatic hydroxyl groups excluding tert-OH is 1. The summed E-state index contributed by atoms with van der Waals surface area (Å²) in [5.41, 5.74) is 2.61. The zero-order valence-electron chi connectivity index (χ0n) is 15.3. The van der Waals surface area contributed by atoms with Gasteiger partial charge >= 0.3 is 0 Å². The minimum atomic E-state index is -0.566. The van der Waals surface area contributed by atoms with Crippen LogP contribution in [0.4, 0.5) is 0 Å². The summed E-state index contributed by atoms with van der Waals surface area (Å²) < 4.78 is 5.78. The number of fused-ring (bicyclic) bond motifs is 1. The van der Waals surface area contributed by atoms with Gasteiger partial charge in [0.1, 0.15) is 5.58 Å². The molecule has 1 fully saturated rings. The molecular weight excluding hydrogens is 316 g/mol. The number of likely N-dealkylation sites (tertiary alicyclic amines) is 1. The second kappa shape index (κ2) is 7.58. The molecule has 1 unspecified atom stereocenters. The number of piperidine rings is 1. The normalized spacial score (nSPS) is 17.8. The van der Waals surface area contributed by atoms with Crippen LogP contribution in [-0.2, 0) is 0 Å².